The third kappa shape index (κ3) is 10.7. The van der Waals surface area contributed by atoms with Gasteiger partial charge in [0.15, 0.2) is 8.68 Å². The Morgan fingerprint density at radius 1 is 0.550 bits per heavy atom. The van der Waals surface area contributed by atoms with Crippen LogP contribution in [-0.4, -0.2) is 18.4 Å². The van der Waals surface area contributed by atoms with Crippen molar-refractivity contribution in [1.82, 2.24) is 9.97 Å². The summed E-state index contributed by atoms with van der Waals surface area (Å²) >= 11 is 32.2. The smallest absolute Gasteiger partial charge is 0.262 e. The van der Waals surface area contributed by atoms with Crippen LogP contribution in [0.15, 0.2) is 120 Å². The van der Waals surface area contributed by atoms with Crippen molar-refractivity contribution in [3.63, 3.8) is 0 Å². The number of nitrogens with zero attached hydrogens (tertiary/aromatic N) is 2. The number of benzene rings is 6. The standard InChI is InChI=1S/C23H20Cl2N2S2.C22H18Cl2N2O2S3/c1-13-4-6-16(15(3)8-13)12-26-17-10-18(24)22(19(25)11-17)29-23-27-20-9-14(2)5-7-21(20)28-23;1-12-5-7-20(14(3)8-12)31(27,28)26-15-10-16(23)21(17(24)11-15)30-22-25-18-9-13(2)4-6-19(18)29-22/h4-11,26H,12H2,1-3H3;4-11,26H,1-3H3. The van der Waals surface area contributed by atoms with E-state index >= 15 is 0 Å². The van der Waals surface area contributed by atoms with Crippen LogP contribution in [0.5, 0.6) is 0 Å². The minimum Gasteiger partial charge on any atom is -0.381 e. The molecule has 6 aromatic carbocycles. The maximum atomic E-state index is 12.8. The van der Waals surface area contributed by atoms with Crippen molar-refractivity contribution in [3.8, 4) is 0 Å². The van der Waals surface area contributed by atoms with Crippen molar-refractivity contribution in [3.05, 3.63) is 156 Å². The molecule has 0 saturated carbocycles. The predicted octanol–water partition coefficient (Wildman–Crippen LogP) is 15.8. The van der Waals surface area contributed by atoms with E-state index in [-0.39, 0.29) is 4.90 Å². The minimum absolute atomic E-state index is 0.216. The number of thiazole rings is 2. The van der Waals surface area contributed by atoms with Crippen molar-refractivity contribution in [2.75, 3.05) is 10.0 Å². The summed E-state index contributed by atoms with van der Waals surface area (Å²) in [6.45, 7) is 12.7. The largest absolute Gasteiger partial charge is 0.381 e. The zero-order chi connectivity index (χ0) is 42.9. The van der Waals surface area contributed by atoms with Crippen LogP contribution in [0.1, 0.15) is 38.9 Å². The van der Waals surface area contributed by atoms with E-state index in [1.165, 1.54) is 45.8 Å². The Kier molecular flexibility index (Phi) is 14.0. The summed E-state index contributed by atoms with van der Waals surface area (Å²) in [5.41, 5.74) is 11.0. The molecule has 0 aliphatic rings. The SMILES string of the molecule is Cc1ccc(CNc2cc(Cl)c(Sc3nc4cc(C)ccc4s3)c(Cl)c2)c(C)c1.Cc1ccc(S(=O)(=O)Nc2cc(Cl)c(Sc3nc4cc(C)ccc4s3)c(Cl)c2)c(C)c1. The average molecular weight is 969 g/mol. The van der Waals surface area contributed by atoms with Crippen molar-refractivity contribution >= 4 is 134 Å². The first-order chi connectivity index (χ1) is 28.5. The normalized spacial score (nSPS) is 11.5. The van der Waals surface area contributed by atoms with Gasteiger partial charge in [0.25, 0.3) is 10.0 Å². The van der Waals surface area contributed by atoms with Gasteiger partial charge in [-0.15, -0.1) is 22.7 Å². The number of aromatic nitrogens is 2. The summed E-state index contributed by atoms with van der Waals surface area (Å²) in [4.78, 5) is 11.0. The monoisotopic (exact) mass is 966 g/mol. The van der Waals surface area contributed by atoms with Crippen LogP contribution >= 0.6 is 92.6 Å². The lowest BCUT2D eigenvalue weighted by atomic mass is 10.1. The summed E-state index contributed by atoms with van der Waals surface area (Å²) in [6, 6.07) is 31.1. The Labute approximate surface area is 387 Å². The maximum absolute atomic E-state index is 12.8. The van der Waals surface area contributed by atoms with Crippen LogP contribution in [0, 0.1) is 41.5 Å². The molecule has 8 rings (SSSR count). The fourth-order valence-corrected chi connectivity index (χ4v) is 13.0. The fraction of sp³-hybridized carbons (Fsp3) is 0.156. The molecule has 0 amide bonds. The van der Waals surface area contributed by atoms with E-state index in [1.807, 2.05) is 50.2 Å². The van der Waals surface area contributed by atoms with Crippen LogP contribution in [0.4, 0.5) is 11.4 Å². The van der Waals surface area contributed by atoms with E-state index in [1.54, 1.807) is 53.9 Å². The molecule has 0 saturated heterocycles. The third-order valence-electron chi connectivity index (χ3n) is 9.28. The first kappa shape index (κ1) is 44.6. The molecule has 0 fully saturated rings. The van der Waals surface area contributed by atoms with Crippen LogP contribution in [0.2, 0.25) is 20.1 Å². The van der Waals surface area contributed by atoms with E-state index in [0.29, 0.717) is 36.2 Å². The van der Waals surface area contributed by atoms with E-state index < -0.39 is 10.0 Å². The summed E-state index contributed by atoms with van der Waals surface area (Å²) < 4.78 is 32.3. The number of fused-ring (bicyclic) bond motifs is 2. The second-order valence-corrected chi connectivity index (χ2v) is 22.2. The molecule has 0 bridgehead atoms. The van der Waals surface area contributed by atoms with Crippen LogP contribution in [-0.2, 0) is 16.6 Å². The first-order valence-corrected chi connectivity index (χ1v) is 24.8. The molecule has 0 aliphatic carbocycles. The van der Waals surface area contributed by atoms with Gasteiger partial charge in [0.1, 0.15) is 0 Å². The number of anilines is 2. The van der Waals surface area contributed by atoms with Crippen molar-refractivity contribution < 1.29 is 8.42 Å². The number of hydrogen-bond acceptors (Lipinski definition) is 9. The van der Waals surface area contributed by atoms with Crippen LogP contribution in [0.25, 0.3) is 20.4 Å². The zero-order valence-electron chi connectivity index (χ0n) is 33.2. The number of sulfonamides is 1. The molecule has 0 radical (unpaired) electrons. The maximum Gasteiger partial charge on any atom is 0.262 e. The molecule has 0 atom stereocenters. The number of aryl methyl sites for hydroxylation is 6. The van der Waals surface area contributed by atoms with Gasteiger partial charge >= 0.3 is 0 Å². The Bertz CT molecular complexity index is 2980. The predicted molar refractivity (Wildman–Crippen MR) is 260 cm³/mol. The molecule has 8 aromatic rings. The Morgan fingerprint density at radius 2 is 0.983 bits per heavy atom. The average Bonchev–Trinajstić information content (AvgIpc) is 3.76. The molecule has 2 heterocycles. The molecule has 2 aromatic heterocycles. The summed E-state index contributed by atoms with van der Waals surface area (Å²) in [5, 5.41) is 5.39. The molecule has 6 nitrogen and oxygen atoms in total. The van der Waals surface area contributed by atoms with Gasteiger partial charge in [-0.3, -0.25) is 4.72 Å². The molecule has 15 heteroatoms. The highest BCUT2D eigenvalue weighted by Crippen LogP contribution is 2.44. The van der Waals surface area contributed by atoms with E-state index in [0.717, 1.165) is 57.4 Å². The lowest BCUT2D eigenvalue weighted by molar-refractivity contribution is 0.600. The molecule has 2 N–H and O–H groups in total. The van der Waals surface area contributed by atoms with Gasteiger partial charge in [-0.05, 0) is 124 Å². The van der Waals surface area contributed by atoms with Crippen molar-refractivity contribution in [2.45, 2.75) is 71.5 Å². The van der Waals surface area contributed by atoms with Gasteiger partial charge in [0.05, 0.1) is 60.9 Å². The number of rotatable bonds is 10. The fourth-order valence-electron chi connectivity index (χ4n) is 6.32. The molecule has 308 valence electrons. The second kappa shape index (κ2) is 18.9. The van der Waals surface area contributed by atoms with Gasteiger partial charge in [-0.1, -0.05) is 124 Å². The van der Waals surface area contributed by atoms with E-state index in [9.17, 15) is 8.42 Å². The van der Waals surface area contributed by atoms with Crippen molar-refractivity contribution in [1.29, 1.82) is 0 Å². The molecular weight excluding hydrogens is 931 g/mol. The minimum atomic E-state index is -3.77. The topological polar surface area (TPSA) is 84.0 Å². The second-order valence-electron chi connectivity index (χ2n) is 14.3. The molecule has 0 aliphatic heterocycles. The van der Waals surface area contributed by atoms with Gasteiger partial charge in [0.2, 0.25) is 0 Å². The number of halogens is 4. The Balaban J connectivity index is 0.000000182. The Hall–Kier alpha value is -3.49. The molecule has 0 unspecified atom stereocenters. The number of nitrogens with one attached hydrogen (secondary N) is 2. The highest BCUT2D eigenvalue weighted by Gasteiger charge is 2.20. The van der Waals surface area contributed by atoms with Crippen molar-refractivity contribution in [2.24, 2.45) is 0 Å². The van der Waals surface area contributed by atoms with Gasteiger partial charge in [-0.25, -0.2) is 18.4 Å². The lowest BCUT2D eigenvalue weighted by Crippen LogP contribution is -2.14. The molecule has 60 heavy (non-hydrogen) atoms. The zero-order valence-corrected chi connectivity index (χ0v) is 40.3. The van der Waals surface area contributed by atoms with E-state index in [4.69, 9.17) is 51.4 Å². The first-order valence-electron chi connectivity index (χ1n) is 18.5. The van der Waals surface area contributed by atoms with Gasteiger partial charge in [-0.2, -0.15) is 0 Å². The molecular formula is C45H38Cl4N4O2S5. The molecule has 0 spiro atoms. The Morgan fingerprint density at radius 3 is 1.47 bits per heavy atom. The summed E-state index contributed by atoms with van der Waals surface area (Å²) in [7, 11) is -3.77. The van der Waals surface area contributed by atoms with Crippen LogP contribution in [0.3, 0.4) is 0 Å². The summed E-state index contributed by atoms with van der Waals surface area (Å²) in [6.07, 6.45) is 0. The van der Waals surface area contributed by atoms with Gasteiger partial charge in [0, 0.05) is 12.2 Å². The van der Waals surface area contributed by atoms with Gasteiger partial charge < -0.3 is 5.32 Å². The number of hydrogen-bond donors (Lipinski definition) is 2. The highest BCUT2D eigenvalue weighted by atomic mass is 35.5. The highest BCUT2D eigenvalue weighted by molar-refractivity contribution is 8.01. The van der Waals surface area contributed by atoms with Crippen LogP contribution < -0.4 is 10.0 Å². The lowest BCUT2D eigenvalue weighted by Gasteiger charge is -2.13. The third-order valence-corrected chi connectivity index (χ3v) is 16.9. The quantitative estimate of drug-likeness (QED) is 0.141. The van der Waals surface area contributed by atoms with E-state index in [2.05, 4.69) is 72.2 Å². The summed E-state index contributed by atoms with van der Waals surface area (Å²) in [5.74, 6) is 0.